The lowest BCUT2D eigenvalue weighted by Gasteiger charge is -2.22. The normalized spacial score (nSPS) is 10.5. The van der Waals surface area contributed by atoms with E-state index in [1.807, 2.05) is 6.07 Å². The van der Waals surface area contributed by atoms with Gasteiger partial charge in [0.15, 0.2) is 11.6 Å². The average Bonchev–Trinajstić information content (AvgIpc) is 2.46. The summed E-state index contributed by atoms with van der Waals surface area (Å²) >= 11 is 0. The Balaban J connectivity index is 2.34. The van der Waals surface area contributed by atoms with Crippen LogP contribution in [0.4, 0.5) is 23.0 Å². The fraction of sp³-hybridized carbons (Fsp3) is 0.375. The molecule has 1 aromatic carbocycles. The van der Waals surface area contributed by atoms with Crippen molar-refractivity contribution < 1.29 is 0 Å². The third-order valence-electron chi connectivity index (χ3n) is 3.56. The molecule has 2 rings (SSSR count). The van der Waals surface area contributed by atoms with E-state index in [1.54, 1.807) is 6.33 Å². The second kappa shape index (κ2) is 6.43. The second-order valence-electron chi connectivity index (χ2n) is 5.08. The monoisotopic (exact) mass is 285 g/mol. The van der Waals surface area contributed by atoms with Gasteiger partial charge in [-0.2, -0.15) is 0 Å². The summed E-state index contributed by atoms with van der Waals surface area (Å²) in [5, 5.41) is 3.31. The molecule has 0 bridgehead atoms. The minimum Gasteiger partial charge on any atom is -0.393 e. The lowest BCUT2D eigenvalue weighted by atomic mass is 10.1. The Morgan fingerprint density at radius 1 is 1.14 bits per heavy atom. The van der Waals surface area contributed by atoms with Gasteiger partial charge in [0.05, 0.1) is 0 Å². The van der Waals surface area contributed by atoms with Crippen LogP contribution in [0, 0.1) is 13.8 Å². The molecule has 2 aromatic rings. The Labute approximate surface area is 126 Å². The second-order valence-corrected chi connectivity index (χ2v) is 5.08. The molecule has 0 aliphatic carbocycles. The number of aryl methyl sites for hydroxylation is 2. The van der Waals surface area contributed by atoms with Gasteiger partial charge in [0.2, 0.25) is 0 Å². The standard InChI is InChI=1S/C16H23N5/c1-5-21(6-2)16-14(17)15(18-10-19-16)20-13-8-7-11(3)9-12(13)4/h7-10H,5-6,17H2,1-4H3,(H,18,19,20). The lowest BCUT2D eigenvalue weighted by molar-refractivity contribution is 0.844. The number of nitrogens with two attached hydrogens (primary N) is 1. The summed E-state index contributed by atoms with van der Waals surface area (Å²) in [4.78, 5) is 10.7. The molecule has 5 nitrogen and oxygen atoms in total. The van der Waals surface area contributed by atoms with Crippen LogP contribution in [0.25, 0.3) is 0 Å². The molecule has 21 heavy (non-hydrogen) atoms. The number of hydrogen-bond donors (Lipinski definition) is 2. The summed E-state index contributed by atoms with van der Waals surface area (Å²) < 4.78 is 0. The molecule has 0 unspecified atom stereocenters. The maximum absolute atomic E-state index is 6.23. The summed E-state index contributed by atoms with van der Waals surface area (Å²) in [6.45, 7) is 10.0. The van der Waals surface area contributed by atoms with E-state index < -0.39 is 0 Å². The van der Waals surface area contributed by atoms with Crippen molar-refractivity contribution in [3.63, 3.8) is 0 Å². The SMILES string of the molecule is CCN(CC)c1ncnc(Nc2ccc(C)cc2C)c1N. The molecule has 1 heterocycles. The van der Waals surface area contributed by atoms with Crippen LogP contribution in [0.15, 0.2) is 24.5 Å². The van der Waals surface area contributed by atoms with Crippen molar-refractivity contribution in [3.8, 4) is 0 Å². The van der Waals surface area contributed by atoms with Gasteiger partial charge in [-0.3, -0.25) is 0 Å². The average molecular weight is 285 g/mol. The van der Waals surface area contributed by atoms with Crippen LogP contribution in [0.1, 0.15) is 25.0 Å². The number of nitrogens with zero attached hydrogens (tertiary/aromatic N) is 3. The number of hydrogen-bond acceptors (Lipinski definition) is 5. The third kappa shape index (κ3) is 3.24. The van der Waals surface area contributed by atoms with Crippen LogP contribution in [-0.4, -0.2) is 23.1 Å². The van der Waals surface area contributed by atoms with E-state index in [0.29, 0.717) is 11.5 Å². The highest BCUT2D eigenvalue weighted by molar-refractivity contribution is 5.78. The molecule has 0 aliphatic rings. The number of nitrogen functional groups attached to an aromatic ring is 1. The number of aromatic nitrogens is 2. The Kier molecular flexibility index (Phi) is 4.62. The number of anilines is 4. The molecular weight excluding hydrogens is 262 g/mol. The largest absolute Gasteiger partial charge is 0.393 e. The van der Waals surface area contributed by atoms with Gasteiger partial charge in [-0.15, -0.1) is 0 Å². The van der Waals surface area contributed by atoms with Gasteiger partial charge in [-0.1, -0.05) is 17.7 Å². The molecular formula is C16H23N5. The van der Waals surface area contributed by atoms with Gasteiger partial charge in [0, 0.05) is 18.8 Å². The lowest BCUT2D eigenvalue weighted by Crippen LogP contribution is -2.24. The molecule has 0 radical (unpaired) electrons. The molecule has 0 aliphatic heterocycles. The van der Waals surface area contributed by atoms with Crippen LogP contribution in [0.3, 0.4) is 0 Å². The van der Waals surface area contributed by atoms with Crippen LogP contribution >= 0.6 is 0 Å². The van der Waals surface area contributed by atoms with Crippen molar-refractivity contribution in [2.45, 2.75) is 27.7 Å². The van der Waals surface area contributed by atoms with Crippen molar-refractivity contribution >= 4 is 23.0 Å². The minimum absolute atomic E-state index is 0.584. The quantitative estimate of drug-likeness (QED) is 0.882. The minimum atomic E-state index is 0.584. The van der Waals surface area contributed by atoms with Gasteiger partial charge in [0.1, 0.15) is 12.0 Å². The zero-order valence-corrected chi connectivity index (χ0v) is 13.1. The predicted octanol–water partition coefficient (Wildman–Crippen LogP) is 3.27. The number of benzene rings is 1. The first-order chi connectivity index (χ1) is 10.1. The van der Waals surface area contributed by atoms with Crippen molar-refractivity contribution in [1.29, 1.82) is 0 Å². The van der Waals surface area contributed by atoms with Gasteiger partial charge >= 0.3 is 0 Å². The Morgan fingerprint density at radius 3 is 2.48 bits per heavy atom. The van der Waals surface area contributed by atoms with Crippen LogP contribution in [0.2, 0.25) is 0 Å². The first-order valence-electron chi connectivity index (χ1n) is 7.26. The van der Waals surface area contributed by atoms with E-state index in [-0.39, 0.29) is 0 Å². The van der Waals surface area contributed by atoms with E-state index in [2.05, 4.69) is 60.0 Å². The van der Waals surface area contributed by atoms with Gasteiger partial charge in [-0.25, -0.2) is 9.97 Å². The fourth-order valence-corrected chi connectivity index (χ4v) is 2.34. The molecule has 0 fully saturated rings. The highest BCUT2D eigenvalue weighted by atomic mass is 15.2. The highest BCUT2D eigenvalue weighted by Crippen LogP contribution is 2.29. The van der Waals surface area contributed by atoms with Crippen LogP contribution < -0.4 is 16.0 Å². The third-order valence-corrected chi connectivity index (χ3v) is 3.56. The first-order valence-corrected chi connectivity index (χ1v) is 7.26. The molecule has 0 atom stereocenters. The fourth-order valence-electron chi connectivity index (χ4n) is 2.34. The molecule has 3 N–H and O–H groups in total. The summed E-state index contributed by atoms with van der Waals surface area (Å²) in [6.07, 6.45) is 1.55. The Morgan fingerprint density at radius 2 is 1.86 bits per heavy atom. The number of rotatable bonds is 5. The van der Waals surface area contributed by atoms with Gasteiger partial charge in [0.25, 0.3) is 0 Å². The van der Waals surface area contributed by atoms with E-state index in [1.165, 1.54) is 5.56 Å². The van der Waals surface area contributed by atoms with Crippen LogP contribution in [-0.2, 0) is 0 Å². The molecule has 0 saturated carbocycles. The zero-order chi connectivity index (χ0) is 15.4. The van der Waals surface area contributed by atoms with Crippen molar-refractivity contribution in [3.05, 3.63) is 35.7 Å². The molecule has 5 heteroatoms. The van der Waals surface area contributed by atoms with Crippen molar-refractivity contribution in [2.75, 3.05) is 29.0 Å². The molecule has 112 valence electrons. The zero-order valence-electron chi connectivity index (χ0n) is 13.1. The summed E-state index contributed by atoms with van der Waals surface area (Å²) in [6, 6.07) is 6.24. The molecule has 0 spiro atoms. The summed E-state index contributed by atoms with van der Waals surface area (Å²) in [7, 11) is 0. The first kappa shape index (κ1) is 15.1. The van der Waals surface area contributed by atoms with Crippen molar-refractivity contribution in [1.82, 2.24) is 9.97 Å². The highest BCUT2D eigenvalue weighted by Gasteiger charge is 2.13. The van der Waals surface area contributed by atoms with Crippen LogP contribution in [0.5, 0.6) is 0 Å². The number of nitrogens with one attached hydrogen (secondary N) is 1. The van der Waals surface area contributed by atoms with Gasteiger partial charge < -0.3 is 16.0 Å². The van der Waals surface area contributed by atoms with E-state index in [0.717, 1.165) is 30.2 Å². The topological polar surface area (TPSA) is 67.1 Å². The Hall–Kier alpha value is -2.30. The molecule has 0 saturated heterocycles. The summed E-state index contributed by atoms with van der Waals surface area (Å²) in [5.74, 6) is 1.43. The van der Waals surface area contributed by atoms with Crippen molar-refractivity contribution in [2.24, 2.45) is 0 Å². The maximum Gasteiger partial charge on any atom is 0.159 e. The summed E-state index contributed by atoms with van der Waals surface area (Å²) in [5.41, 5.74) is 10.2. The Bertz CT molecular complexity index is 620. The van der Waals surface area contributed by atoms with E-state index in [4.69, 9.17) is 5.73 Å². The predicted molar refractivity (Wildman–Crippen MR) is 89.2 cm³/mol. The molecule has 0 amide bonds. The van der Waals surface area contributed by atoms with E-state index in [9.17, 15) is 0 Å². The molecule has 1 aromatic heterocycles. The smallest absolute Gasteiger partial charge is 0.159 e. The maximum atomic E-state index is 6.23. The van der Waals surface area contributed by atoms with E-state index >= 15 is 0 Å². The van der Waals surface area contributed by atoms with Gasteiger partial charge in [-0.05, 0) is 39.3 Å².